The van der Waals surface area contributed by atoms with Gasteiger partial charge in [-0.3, -0.25) is 4.79 Å². The molecule has 1 aromatic carbocycles. The van der Waals surface area contributed by atoms with Crippen molar-refractivity contribution in [2.45, 2.75) is 46.5 Å². The number of hydrogen-bond acceptors (Lipinski definition) is 6. The van der Waals surface area contributed by atoms with Crippen LogP contribution in [-0.2, 0) is 16.0 Å². The van der Waals surface area contributed by atoms with E-state index in [0.29, 0.717) is 18.9 Å². The lowest BCUT2D eigenvalue weighted by atomic mass is 10.0. The predicted octanol–water partition coefficient (Wildman–Crippen LogP) is 5.29. The van der Waals surface area contributed by atoms with E-state index in [-0.39, 0.29) is 5.97 Å². The molecule has 0 aliphatic rings. The molecule has 0 fully saturated rings. The Morgan fingerprint density at radius 1 is 0.972 bits per heavy atom. The molecule has 2 heterocycles. The molecule has 3 rings (SSSR count). The number of carbonyl (C=O) groups is 1. The zero-order valence-electron chi connectivity index (χ0n) is 22.3. The molecule has 2 atom stereocenters. The van der Waals surface area contributed by atoms with Crippen molar-refractivity contribution in [2.24, 2.45) is 5.92 Å². The fraction of sp³-hybridized carbons (Fsp3) is 0.483. The second-order valence-electron chi connectivity index (χ2n) is 8.34. The Balaban J connectivity index is 0.000000694. The van der Waals surface area contributed by atoms with Crippen molar-refractivity contribution < 1.29 is 24.3 Å². The largest absolute Gasteiger partial charge is 0.493 e. The van der Waals surface area contributed by atoms with Crippen LogP contribution in [0.2, 0.25) is 0 Å². The molecule has 2 N–H and O–H groups in total. The average molecular weight is 535 g/mol. The minimum atomic E-state index is -0.112. The van der Waals surface area contributed by atoms with Crippen molar-refractivity contribution in [3.63, 3.8) is 0 Å². The highest BCUT2D eigenvalue weighted by atomic mass is 32.1. The lowest BCUT2D eigenvalue weighted by Crippen LogP contribution is -3.11. The first-order valence-electron chi connectivity index (χ1n) is 12.7. The van der Waals surface area contributed by atoms with E-state index < -0.39 is 0 Å². The normalized spacial score (nSPS) is 11.8. The van der Waals surface area contributed by atoms with Crippen LogP contribution in [0.1, 0.15) is 42.9 Å². The molecule has 0 aliphatic carbocycles. The Bertz CT molecular complexity index is 870. The fourth-order valence-corrected chi connectivity index (χ4v) is 4.72. The average Bonchev–Trinajstić information content (AvgIpc) is 3.61. The van der Waals surface area contributed by atoms with Crippen molar-refractivity contribution in [1.29, 1.82) is 0 Å². The summed E-state index contributed by atoms with van der Waals surface area (Å²) < 4.78 is 11.3. The summed E-state index contributed by atoms with van der Waals surface area (Å²) in [4.78, 5) is 16.0. The second kappa shape index (κ2) is 20.9. The SMILES string of the molecule is CCC(CC[NH+](CC)CCCOc1ccccc1)COC(=O)Cc1cccs1.CO.Cc1cccs1. The standard InChI is InChI=1S/C23H33NO3S.C5H6S.CH4O/c1-3-20(19-27-23(25)18-22-12-8-17-28-22)13-15-24(4-2)14-9-16-26-21-10-6-5-7-11-21;1-5-3-2-4-6-5;1-2/h5-8,10-12,17,20H,3-4,9,13-16,18-19H2,1-2H3;2-4H,1H3;2H,1H3/p+1. The van der Waals surface area contributed by atoms with Gasteiger partial charge in [0.25, 0.3) is 0 Å². The second-order valence-corrected chi connectivity index (χ2v) is 10.5. The predicted molar refractivity (Wildman–Crippen MR) is 152 cm³/mol. The first-order valence-corrected chi connectivity index (χ1v) is 14.5. The van der Waals surface area contributed by atoms with Gasteiger partial charge in [-0.05, 0) is 61.2 Å². The number of aliphatic hydroxyl groups is 1. The third-order valence-corrected chi connectivity index (χ3v) is 7.39. The lowest BCUT2D eigenvalue weighted by molar-refractivity contribution is -0.899. The third kappa shape index (κ3) is 15.0. The van der Waals surface area contributed by atoms with Gasteiger partial charge in [-0.15, -0.1) is 22.7 Å². The first kappa shape index (κ1) is 31.8. The van der Waals surface area contributed by atoms with Crippen LogP contribution in [0.3, 0.4) is 0 Å². The van der Waals surface area contributed by atoms with Crippen LogP contribution in [0.5, 0.6) is 5.75 Å². The van der Waals surface area contributed by atoms with Crippen LogP contribution >= 0.6 is 22.7 Å². The zero-order valence-corrected chi connectivity index (χ0v) is 23.9. The molecule has 0 aliphatic heterocycles. The summed E-state index contributed by atoms with van der Waals surface area (Å²) in [7, 11) is 1.00. The Hall–Kier alpha value is -2.19. The number of para-hydroxylation sites is 1. The Kier molecular flexibility index (Phi) is 18.5. The Morgan fingerprint density at radius 3 is 2.25 bits per heavy atom. The summed E-state index contributed by atoms with van der Waals surface area (Å²) in [6.45, 7) is 11.1. The Morgan fingerprint density at radius 2 is 1.69 bits per heavy atom. The van der Waals surface area contributed by atoms with Crippen molar-refractivity contribution in [1.82, 2.24) is 0 Å². The molecule has 5 nitrogen and oxygen atoms in total. The summed E-state index contributed by atoms with van der Waals surface area (Å²) in [5, 5.41) is 11.1. The molecule has 0 amide bonds. The van der Waals surface area contributed by atoms with Gasteiger partial charge >= 0.3 is 5.97 Å². The summed E-state index contributed by atoms with van der Waals surface area (Å²) in [6, 6.07) is 18.1. The van der Waals surface area contributed by atoms with Gasteiger partial charge in [-0.25, -0.2) is 0 Å². The van der Waals surface area contributed by atoms with Gasteiger partial charge in [-0.2, -0.15) is 0 Å². The van der Waals surface area contributed by atoms with E-state index >= 15 is 0 Å². The fourth-order valence-electron chi connectivity index (χ4n) is 3.50. The number of thiophene rings is 2. The van der Waals surface area contributed by atoms with Crippen molar-refractivity contribution in [3.8, 4) is 5.75 Å². The number of benzene rings is 1. The maximum atomic E-state index is 12.0. The molecule has 200 valence electrons. The number of nitrogens with one attached hydrogen (secondary N) is 1. The smallest absolute Gasteiger partial charge is 0.311 e. The number of esters is 1. The summed E-state index contributed by atoms with van der Waals surface area (Å²) in [5.41, 5.74) is 0. The maximum absolute atomic E-state index is 12.0. The number of aryl methyl sites for hydroxylation is 1. The van der Waals surface area contributed by atoms with Gasteiger partial charge in [0.2, 0.25) is 0 Å². The number of carbonyl (C=O) groups excluding carboxylic acids is 1. The molecule has 0 spiro atoms. The molecular formula is C29H44NO4S2+. The van der Waals surface area contributed by atoms with Gasteiger partial charge in [0.05, 0.1) is 39.3 Å². The van der Waals surface area contributed by atoms with Gasteiger partial charge in [0, 0.05) is 29.7 Å². The minimum absolute atomic E-state index is 0.112. The van der Waals surface area contributed by atoms with Gasteiger partial charge in [0.1, 0.15) is 5.75 Å². The van der Waals surface area contributed by atoms with Crippen LogP contribution in [0.4, 0.5) is 0 Å². The molecule has 2 unspecified atom stereocenters. The zero-order chi connectivity index (χ0) is 26.4. The number of aliphatic hydroxyl groups excluding tert-OH is 1. The molecule has 2 aromatic heterocycles. The third-order valence-electron chi connectivity index (χ3n) is 5.71. The van der Waals surface area contributed by atoms with Crippen molar-refractivity contribution >= 4 is 28.6 Å². The number of ether oxygens (including phenoxy) is 2. The summed E-state index contributed by atoms with van der Waals surface area (Å²) in [6.07, 6.45) is 3.57. The van der Waals surface area contributed by atoms with E-state index in [1.165, 1.54) is 4.88 Å². The molecule has 0 saturated carbocycles. The van der Waals surface area contributed by atoms with E-state index in [1.807, 2.05) is 47.8 Å². The van der Waals surface area contributed by atoms with E-state index in [9.17, 15) is 4.79 Å². The van der Waals surface area contributed by atoms with Crippen LogP contribution in [0, 0.1) is 12.8 Å². The van der Waals surface area contributed by atoms with Gasteiger partial charge in [-0.1, -0.05) is 37.3 Å². The summed E-state index contributed by atoms with van der Waals surface area (Å²) >= 11 is 3.38. The van der Waals surface area contributed by atoms with Crippen LogP contribution in [0.25, 0.3) is 0 Å². The van der Waals surface area contributed by atoms with Crippen LogP contribution < -0.4 is 9.64 Å². The van der Waals surface area contributed by atoms with Crippen molar-refractivity contribution in [3.05, 3.63) is 75.1 Å². The lowest BCUT2D eigenvalue weighted by Gasteiger charge is -2.21. The monoisotopic (exact) mass is 534 g/mol. The minimum Gasteiger partial charge on any atom is -0.493 e. The quantitative estimate of drug-likeness (QED) is 0.218. The maximum Gasteiger partial charge on any atom is 0.311 e. The molecule has 0 radical (unpaired) electrons. The highest BCUT2D eigenvalue weighted by molar-refractivity contribution is 7.10. The highest BCUT2D eigenvalue weighted by Gasteiger charge is 2.15. The number of quaternary nitrogens is 1. The van der Waals surface area contributed by atoms with E-state index in [0.717, 1.165) is 63.2 Å². The van der Waals surface area contributed by atoms with Crippen LogP contribution in [-0.4, -0.2) is 51.0 Å². The van der Waals surface area contributed by atoms with E-state index in [2.05, 4.69) is 38.3 Å². The molecule has 36 heavy (non-hydrogen) atoms. The molecule has 7 heteroatoms. The topological polar surface area (TPSA) is 60.2 Å². The number of rotatable bonds is 14. The van der Waals surface area contributed by atoms with Crippen LogP contribution in [0.15, 0.2) is 65.4 Å². The highest BCUT2D eigenvalue weighted by Crippen LogP contribution is 2.12. The molecule has 3 aromatic rings. The molecular weight excluding hydrogens is 490 g/mol. The van der Waals surface area contributed by atoms with E-state index in [4.69, 9.17) is 14.6 Å². The van der Waals surface area contributed by atoms with Gasteiger partial charge < -0.3 is 19.5 Å². The van der Waals surface area contributed by atoms with Gasteiger partial charge in [0.15, 0.2) is 0 Å². The molecule has 0 bridgehead atoms. The first-order chi connectivity index (χ1) is 17.6. The number of hydrogen-bond donors (Lipinski definition) is 2. The van der Waals surface area contributed by atoms with Crippen molar-refractivity contribution in [2.75, 3.05) is 40.0 Å². The summed E-state index contributed by atoms with van der Waals surface area (Å²) in [5.74, 6) is 1.27. The van der Waals surface area contributed by atoms with E-state index in [1.54, 1.807) is 27.6 Å². The molecule has 0 saturated heterocycles. The Labute approximate surface area is 225 Å².